The Kier molecular flexibility index (Phi) is 2.77. The lowest BCUT2D eigenvalue weighted by Gasteiger charge is -2.25. The Morgan fingerprint density at radius 1 is 1.35 bits per heavy atom. The van der Waals surface area contributed by atoms with Crippen LogP contribution in [0.15, 0.2) is 42.5 Å². The average molecular weight is 230 g/mol. The molecule has 1 aromatic carbocycles. The van der Waals surface area contributed by atoms with Crippen molar-refractivity contribution in [3.8, 4) is 0 Å². The highest BCUT2D eigenvalue weighted by Gasteiger charge is 2.46. The first-order valence-electron chi connectivity index (χ1n) is 6.25. The van der Waals surface area contributed by atoms with Crippen molar-refractivity contribution in [2.45, 2.75) is 31.7 Å². The largest absolute Gasteiger partial charge is 0.376 e. The Labute approximate surface area is 102 Å². The predicted molar refractivity (Wildman–Crippen MR) is 66.6 cm³/mol. The summed E-state index contributed by atoms with van der Waals surface area (Å²) in [4.78, 5) is 0. The molecular weight excluding hydrogens is 212 g/mol. The molecule has 0 saturated carbocycles. The van der Waals surface area contributed by atoms with Crippen LogP contribution in [0.2, 0.25) is 0 Å². The van der Waals surface area contributed by atoms with Gasteiger partial charge in [0, 0.05) is 5.92 Å². The fourth-order valence-electron chi connectivity index (χ4n) is 2.70. The Morgan fingerprint density at radius 3 is 2.82 bits per heavy atom. The van der Waals surface area contributed by atoms with Gasteiger partial charge in [0.15, 0.2) is 0 Å². The summed E-state index contributed by atoms with van der Waals surface area (Å²) >= 11 is 0. The highest BCUT2D eigenvalue weighted by Crippen LogP contribution is 2.42. The van der Waals surface area contributed by atoms with Gasteiger partial charge in [-0.2, -0.15) is 0 Å². The maximum Gasteiger partial charge on any atom is 0.0894 e. The van der Waals surface area contributed by atoms with Gasteiger partial charge in [0.1, 0.15) is 0 Å². The van der Waals surface area contributed by atoms with Crippen LogP contribution in [-0.2, 0) is 16.1 Å². The van der Waals surface area contributed by atoms with Crippen molar-refractivity contribution < 1.29 is 9.47 Å². The van der Waals surface area contributed by atoms with E-state index in [4.69, 9.17) is 9.47 Å². The van der Waals surface area contributed by atoms with Crippen LogP contribution >= 0.6 is 0 Å². The molecule has 0 unspecified atom stereocenters. The number of benzene rings is 1. The van der Waals surface area contributed by atoms with Gasteiger partial charge in [-0.15, -0.1) is 0 Å². The van der Waals surface area contributed by atoms with Gasteiger partial charge in [0.2, 0.25) is 0 Å². The van der Waals surface area contributed by atoms with Crippen LogP contribution in [-0.4, -0.2) is 18.3 Å². The first-order valence-corrected chi connectivity index (χ1v) is 6.25. The van der Waals surface area contributed by atoms with Crippen LogP contribution in [0.4, 0.5) is 0 Å². The Balaban J connectivity index is 1.51. The van der Waals surface area contributed by atoms with Gasteiger partial charge < -0.3 is 9.47 Å². The van der Waals surface area contributed by atoms with Crippen LogP contribution in [0.5, 0.6) is 0 Å². The molecule has 2 bridgehead atoms. The van der Waals surface area contributed by atoms with E-state index in [0.717, 1.165) is 13.0 Å². The van der Waals surface area contributed by atoms with Crippen LogP contribution in [0.25, 0.3) is 0 Å². The molecule has 17 heavy (non-hydrogen) atoms. The smallest absolute Gasteiger partial charge is 0.0894 e. The zero-order valence-corrected chi connectivity index (χ0v) is 10.1. The molecule has 1 saturated heterocycles. The Hall–Kier alpha value is -1.12. The highest BCUT2D eigenvalue weighted by atomic mass is 16.5. The topological polar surface area (TPSA) is 18.5 Å². The Morgan fingerprint density at radius 2 is 2.18 bits per heavy atom. The first kappa shape index (κ1) is 11.0. The fraction of sp³-hybridized carbons (Fsp3) is 0.467. The lowest BCUT2D eigenvalue weighted by molar-refractivity contribution is -0.00308. The maximum atomic E-state index is 5.88. The summed E-state index contributed by atoms with van der Waals surface area (Å²) in [6.45, 7) is 3.64. The summed E-state index contributed by atoms with van der Waals surface area (Å²) in [5.74, 6) is 0.501. The number of hydrogen-bond acceptors (Lipinski definition) is 2. The standard InChI is InChI=1S/C15H18O2/c1-15-8-7-14(17-15)9-13(15)11-16-10-12-5-3-2-4-6-12/h2-8,13-14H,9-11H2,1H3/t13-,14+,15+/m1/s1. The second-order valence-electron chi connectivity index (χ2n) is 5.13. The van der Waals surface area contributed by atoms with Crippen molar-refractivity contribution in [3.05, 3.63) is 48.0 Å². The van der Waals surface area contributed by atoms with Gasteiger partial charge in [-0.05, 0) is 18.9 Å². The number of hydrogen-bond donors (Lipinski definition) is 0. The summed E-state index contributed by atoms with van der Waals surface area (Å²) in [5, 5.41) is 0. The molecule has 0 aliphatic carbocycles. The van der Waals surface area contributed by atoms with Gasteiger partial charge >= 0.3 is 0 Å². The van der Waals surface area contributed by atoms with E-state index in [1.54, 1.807) is 0 Å². The van der Waals surface area contributed by atoms with E-state index in [1.807, 2.05) is 18.2 Å². The second kappa shape index (κ2) is 4.28. The molecule has 90 valence electrons. The quantitative estimate of drug-likeness (QED) is 0.740. The third-order valence-electron chi connectivity index (χ3n) is 3.81. The molecule has 0 aromatic heterocycles. The van der Waals surface area contributed by atoms with Gasteiger partial charge in [-0.25, -0.2) is 0 Å². The van der Waals surface area contributed by atoms with Crippen LogP contribution < -0.4 is 0 Å². The van der Waals surface area contributed by atoms with Crippen molar-refractivity contribution in [3.63, 3.8) is 0 Å². The van der Waals surface area contributed by atoms with Crippen molar-refractivity contribution in [2.75, 3.05) is 6.61 Å². The minimum absolute atomic E-state index is 0.0820. The summed E-state index contributed by atoms with van der Waals surface area (Å²) < 4.78 is 11.7. The lowest BCUT2D eigenvalue weighted by atomic mass is 9.85. The molecule has 0 radical (unpaired) electrons. The van der Waals surface area contributed by atoms with E-state index in [2.05, 4.69) is 31.2 Å². The van der Waals surface area contributed by atoms with E-state index in [0.29, 0.717) is 18.6 Å². The third kappa shape index (κ3) is 2.15. The normalized spacial score (nSPS) is 34.4. The molecule has 2 aliphatic heterocycles. The molecule has 1 fully saturated rings. The molecule has 0 spiro atoms. The van der Waals surface area contributed by atoms with Gasteiger partial charge in [-0.3, -0.25) is 0 Å². The van der Waals surface area contributed by atoms with E-state index in [9.17, 15) is 0 Å². The van der Waals surface area contributed by atoms with Crippen molar-refractivity contribution >= 4 is 0 Å². The maximum absolute atomic E-state index is 5.88. The summed E-state index contributed by atoms with van der Waals surface area (Å²) in [6.07, 6.45) is 5.79. The Bertz CT molecular complexity index is 412. The number of fused-ring (bicyclic) bond motifs is 2. The van der Waals surface area contributed by atoms with Crippen LogP contribution in [0.3, 0.4) is 0 Å². The monoisotopic (exact) mass is 230 g/mol. The number of rotatable bonds is 4. The summed E-state index contributed by atoms with van der Waals surface area (Å²) in [6, 6.07) is 10.3. The molecule has 2 aliphatic rings. The second-order valence-corrected chi connectivity index (χ2v) is 5.13. The molecule has 3 rings (SSSR count). The molecular formula is C15H18O2. The molecule has 2 heterocycles. The van der Waals surface area contributed by atoms with Gasteiger partial charge in [0.25, 0.3) is 0 Å². The molecule has 0 N–H and O–H groups in total. The molecule has 1 aromatic rings. The highest BCUT2D eigenvalue weighted by molar-refractivity contribution is 5.18. The molecule has 0 amide bonds. The van der Waals surface area contributed by atoms with E-state index >= 15 is 0 Å². The average Bonchev–Trinajstić information content (AvgIpc) is 2.86. The summed E-state index contributed by atoms with van der Waals surface area (Å²) in [5.41, 5.74) is 1.15. The van der Waals surface area contributed by atoms with E-state index in [1.165, 1.54) is 5.56 Å². The minimum atomic E-state index is -0.0820. The predicted octanol–water partition coefficient (Wildman–Crippen LogP) is 2.94. The van der Waals surface area contributed by atoms with Crippen LogP contribution in [0, 0.1) is 5.92 Å². The number of ether oxygens (including phenoxy) is 2. The van der Waals surface area contributed by atoms with Crippen LogP contribution in [0.1, 0.15) is 18.9 Å². The van der Waals surface area contributed by atoms with E-state index in [-0.39, 0.29) is 5.60 Å². The molecule has 3 atom stereocenters. The SMILES string of the molecule is C[C@]12C=C[C@@H](C[C@@H]1COCc1ccccc1)O2. The first-order chi connectivity index (χ1) is 8.26. The van der Waals surface area contributed by atoms with Gasteiger partial charge in [-0.1, -0.05) is 42.5 Å². The fourth-order valence-corrected chi connectivity index (χ4v) is 2.70. The molecule has 2 heteroatoms. The van der Waals surface area contributed by atoms with Gasteiger partial charge in [0.05, 0.1) is 24.9 Å². The van der Waals surface area contributed by atoms with Crippen molar-refractivity contribution in [1.82, 2.24) is 0 Å². The third-order valence-corrected chi connectivity index (χ3v) is 3.81. The van der Waals surface area contributed by atoms with Crippen molar-refractivity contribution in [1.29, 1.82) is 0 Å². The molecule has 2 nitrogen and oxygen atoms in total. The lowest BCUT2D eigenvalue weighted by Crippen LogP contribution is -2.31. The zero-order valence-electron chi connectivity index (χ0n) is 10.1. The minimum Gasteiger partial charge on any atom is -0.376 e. The van der Waals surface area contributed by atoms with E-state index < -0.39 is 0 Å². The van der Waals surface area contributed by atoms with Crippen molar-refractivity contribution in [2.24, 2.45) is 5.92 Å². The summed E-state index contributed by atoms with van der Waals surface area (Å²) in [7, 11) is 0. The zero-order chi connectivity index (χ0) is 11.7.